The van der Waals surface area contributed by atoms with E-state index in [0.29, 0.717) is 0 Å². The number of para-hydroxylation sites is 1. The molecule has 0 amide bonds. The van der Waals surface area contributed by atoms with Crippen LogP contribution in [0.1, 0.15) is 5.69 Å². The summed E-state index contributed by atoms with van der Waals surface area (Å²) in [6.45, 7) is 1.94. The largest absolute Gasteiger partial charge is 0.322 e. The topological polar surface area (TPSA) is 50.7 Å². The van der Waals surface area contributed by atoms with Gasteiger partial charge in [-0.3, -0.25) is 9.97 Å². The first kappa shape index (κ1) is 11.9. The first-order valence-electron chi connectivity index (χ1n) is 5.89. The minimum absolute atomic E-state index is 0.871. The van der Waals surface area contributed by atoms with Crippen molar-refractivity contribution in [1.29, 1.82) is 0 Å². The van der Waals surface area contributed by atoms with Gasteiger partial charge in [0.15, 0.2) is 0 Å². The molecule has 0 aliphatic heterocycles. The molecule has 0 fully saturated rings. The van der Waals surface area contributed by atoms with Crippen LogP contribution < -0.4 is 4.72 Å². The van der Waals surface area contributed by atoms with Crippen molar-refractivity contribution < 1.29 is 0 Å². The number of fused-ring (bicyclic) bond motifs is 1. The molecule has 1 N–H and O–H groups in total. The fourth-order valence-corrected chi connectivity index (χ4v) is 2.47. The zero-order valence-electron chi connectivity index (χ0n) is 10.4. The number of anilines is 1. The third kappa shape index (κ3) is 2.51. The summed E-state index contributed by atoms with van der Waals surface area (Å²) in [5, 5.41) is 1.99. The lowest BCUT2D eigenvalue weighted by atomic mass is 10.2. The van der Waals surface area contributed by atoms with Crippen LogP contribution in [0.5, 0.6) is 0 Å². The van der Waals surface area contributed by atoms with E-state index in [2.05, 4.69) is 19.7 Å². The Morgan fingerprint density at radius 2 is 1.79 bits per heavy atom. The summed E-state index contributed by atoms with van der Waals surface area (Å²) in [6.07, 6.45) is 5.18. The molecule has 2 aromatic heterocycles. The van der Waals surface area contributed by atoms with Crippen LogP contribution in [-0.2, 0) is 0 Å². The van der Waals surface area contributed by atoms with Gasteiger partial charge >= 0.3 is 0 Å². The average Bonchev–Trinajstić information content (AvgIpc) is 2.46. The zero-order valence-corrected chi connectivity index (χ0v) is 11.2. The van der Waals surface area contributed by atoms with Crippen LogP contribution in [0.15, 0.2) is 53.9 Å². The maximum Gasteiger partial charge on any atom is 0.138 e. The lowest BCUT2D eigenvalue weighted by Crippen LogP contribution is -1.94. The fraction of sp³-hybridized carbons (Fsp3) is 0.0714. The number of nitrogens with zero attached hydrogens (tertiary/aromatic N) is 3. The Hall–Kier alpha value is -2.14. The van der Waals surface area contributed by atoms with E-state index in [1.54, 1.807) is 18.6 Å². The molecule has 1 aromatic carbocycles. The summed E-state index contributed by atoms with van der Waals surface area (Å²) in [4.78, 5) is 12.9. The number of nitrogens with one attached hydrogen (secondary N) is 1. The van der Waals surface area contributed by atoms with Gasteiger partial charge in [-0.15, -0.1) is 0 Å². The van der Waals surface area contributed by atoms with Gasteiger partial charge < -0.3 is 4.72 Å². The maximum atomic E-state index is 4.40. The molecule has 0 saturated heterocycles. The first-order chi connectivity index (χ1) is 9.34. The summed E-state index contributed by atoms with van der Waals surface area (Å²) in [5.74, 6) is 0. The molecule has 2 heterocycles. The van der Waals surface area contributed by atoms with Gasteiger partial charge in [-0.05, 0) is 19.1 Å². The van der Waals surface area contributed by atoms with Gasteiger partial charge in [0.25, 0.3) is 0 Å². The Kier molecular flexibility index (Phi) is 3.29. The minimum Gasteiger partial charge on any atom is -0.322 e. The minimum atomic E-state index is 0.871. The second kappa shape index (κ2) is 5.24. The molecule has 0 aliphatic carbocycles. The Morgan fingerprint density at radius 3 is 2.68 bits per heavy atom. The lowest BCUT2D eigenvalue weighted by Gasteiger charge is -2.08. The normalized spacial score (nSPS) is 10.6. The molecule has 0 bridgehead atoms. The zero-order chi connectivity index (χ0) is 13.1. The second-order valence-corrected chi connectivity index (χ2v) is 4.83. The van der Waals surface area contributed by atoms with Crippen molar-refractivity contribution in [2.75, 3.05) is 4.72 Å². The highest BCUT2D eigenvalue weighted by Gasteiger charge is 2.04. The van der Waals surface area contributed by atoms with Crippen LogP contribution in [0.3, 0.4) is 0 Å². The number of aryl methyl sites for hydroxylation is 1. The molecular weight excluding hydrogens is 256 g/mol. The molecule has 4 nitrogen and oxygen atoms in total. The highest BCUT2D eigenvalue weighted by atomic mass is 32.2. The van der Waals surface area contributed by atoms with Gasteiger partial charge in [-0.2, -0.15) is 0 Å². The second-order valence-electron chi connectivity index (χ2n) is 4.03. The Morgan fingerprint density at radius 1 is 0.947 bits per heavy atom. The maximum absolute atomic E-state index is 4.40. The number of hydrogen-bond donors (Lipinski definition) is 1. The van der Waals surface area contributed by atoms with Crippen molar-refractivity contribution in [2.24, 2.45) is 0 Å². The molecule has 3 aromatic rings. The van der Waals surface area contributed by atoms with Crippen molar-refractivity contribution in [1.82, 2.24) is 15.0 Å². The highest BCUT2D eigenvalue weighted by Crippen LogP contribution is 2.26. The molecular formula is C14H12N4S. The van der Waals surface area contributed by atoms with Crippen LogP contribution in [-0.4, -0.2) is 15.0 Å². The molecule has 0 unspecified atom stereocenters. The summed E-state index contributed by atoms with van der Waals surface area (Å²) in [7, 11) is 0. The standard InChI is InChI=1S/C14H12N4S/c1-10-14(17-9-8-15-10)19-18-12-6-2-4-11-5-3-7-16-13(11)12/h2-9,18H,1H3. The molecule has 0 spiro atoms. The smallest absolute Gasteiger partial charge is 0.138 e. The van der Waals surface area contributed by atoms with Crippen LogP contribution in [0.2, 0.25) is 0 Å². The lowest BCUT2D eigenvalue weighted by molar-refractivity contribution is 0.988. The molecule has 19 heavy (non-hydrogen) atoms. The third-order valence-electron chi connectivity index (χ3n) is 2.73. The van der Waals surface area contributed by atoms with Crippen LogP contribution in [0.25, 0.3) is 10.9 Å². The number of hydrogen-bond acceptors (Lipinski definition) is 5. The van der Waals surface area contributed by atoms with Crippen molar-refractivity contribution >= 4 is 28.5 Å². The molecule has 0 saturated carbocycles. The third-order valence-corrected chi connectivity index (χ3v) is 3.64. The van der Waals surface area contributed by atoms with Crippen molar-refractivity contribution in [2.45, 2.75) is 11.9 Å². The van der Waals surface area contributed by atoms with Gasteiger partial charge in [0.05, 0.1) is 16.9 Å². The van der Waals surface area contributed by atoms with E-state index >= 15 is 0 Å². The van der Waals surface area contributed by atoms with Crippen molar-refractivity contribution in [3.8, 4) is 0 Å². The Bertz CT molecular complexity index is 709. The first-order valence-corrected chi connectivity index (χ1v) is 6.70. The summed E-state index contributed by atoms with van der Waals surface area (Å²) in [6, 6.07) is 10.0. The van der Waals surface area contributed by atoms with Gasteiger partial charge in [-0.25, -0.2) is 4.98 Å². The Labute approximate surface area is 115 Å². The van der Waals surface area contributed by atoms with Crippen LogP contribution >= 0.6 is 11.9 Å². The summed E-state index contributed by atoms with van der Waals surface area (Å²) < 4.78 is 3.30. The number of aromatic nitrogens is 3. The summed E-state index contributed by atoms with van der Waals surface area (Å²) in [5.41, 5.74) is 2.85. The number of pyridine rings is 1. The van der Waals surface area contributed by atoms with E-state index in [1.807, 2.05) is 37.3 Å². The quantitative estimate of drug-likeness (QED) is 0.737. The molecule has 0 atom stereocenters. The molecule has 3 rings (SSSR count). The van der Waals surface area contributed by atoms with Crippen LogP contribution in [0.4, 0.5) is 5.69 Å². The average molecular weight is 268 g/mol. The van der Waals surface area contributed by atoms with Crippen molar-refractivity contribution in [3.63, 3.8) is 0 Å². The van der Waals surface area contributed by atoms with E-state index in [4.69, 9.17) is 0 Å². The number of benzene rings is 1. The summed E-state index contributed by atoms with van der Waals surface area (Å²) >= 11 is 1.45. The van der Waals surface area contributed by atoms with E-state index in [9.17, 15) is 0 Å². The highest BCUT2D eigenvalue weighted by molar-refractivity contribution is 8.00. The van der Waals surface area contributed by atoms with E-state index in [1.165, 1.54) is 11.9 Å². The van der Waals surface area contributed by atoms with Crippen molar-refractivity contribution in [3.05, 3.63) is 54.6 Å². The van der Waals surface area contributed by atoms with Gasteiger partial charge in [0.2, 0.25) is 0 Å². The molecule has 0 aliphatic rings. The van der Waals surface area contributed by atoms with Gasteiger partial charge in [0, 0.05) is 35.9 Å². The molecule has 0 radical (unpaired) electrons. The molecule has 5 heteroatoms. The van der Waals surface area contributed by atoms with E-state index < -0.39 is 0 Å². The number of rotatable bonds is 3. The van der Waals surface area contributed by atoms with Gasteiger partial charge in [0.1, 0.15) is 5.03 Å². The predicted octanol–water partition coefficient (Wildman–Crippen LogP) is 3.45. The van der Waals surface area contributed by atoms with Gasteiger partial charge in [-0.1, -0.05) is 18.2 Å². The Balaban J connectivity index is 1.88. The van der Waals surface area contributed by atoms with Crippen LogP contribution in [0, 0.1) is 6.92 Å². The SMILES string of the molecule is Cc1nccnc1SNc1cccc2cccnc12. The monoisotopic (exact) mass is 268 g/mol. The fourth-order valence-electron chi connectivity index (χ4n) is 1.78. The van der Waals surface area contributed by atoms with E-state index in [0.717, 1.165) is 27.3 Å². The molecule has 94 valence electrons. The van der Waals surface area contributed by atoms with E-state index in [-0.39, 0.29) is 0 Å². The predicted molar refractivity (Wildman–Crippen MR) is 78.0 cm³/mol.